The van der Waals surface area contributed by atoms with Gasteiger partial charge in [0.1, 0.15) is 24.2 Å². The third-order valence-electron chi connectivity index (χ3n) is 4.14. The first kappa shape index (κ1) is 23.9. The molecule has 0 saturated heterocycles. The number of aliphatic carboxylic acids is 1. The summed E-state index contributed by atoms with van der Waals surface area (Å²) in [4.78, 5) is 10.4. The summed E-state index contributed by atoms with van der Waals surface area (Å²) in [5.74, 6) is 0.399. The Morgan fingerprint density at radius 2 is 1.39 bits per heavy atom. The third kappa shape index (κ3) is 10.3. The Balaban J connectivity index is 0.000000245. The smallest absolute Gasteiger partial charge is 0.344 e. The van der Waals surface area contributed by atoms with E-state index in [2.05, 4.69) is 17.4 Å². The maximum Gasteiger partial charge on any atom is 0.344 e. The molecule has 3 rings (SSSR count). The van der Waals surface area contributed by atoms with Gasteiger partial charge in [-0.25, -0.2) is 4.79 Å². The lowest BCUT2D eigenvalue weighted by Crippen LogP contribution is -2.31. The number of para-hydroxylation sites is 2. The normalized spacial score (nSPS) is 12.1. The first-order valence-corrected chi connectivity index (χ1v) is 10.1. The fourth-order valence-electron chi connectivity index (χ4n) is 2.50. The maximum absolute atomic E-state index is 10.4. The highest BCUT2D eigenvalue weighted by molar-refractivity contribution is 5.72. The van der Waals surface area contributed by atoms with Gasteiger partial charge in [-0.2, -0.15) is 0 Å². The number of ether oxygens (including phenoxy) is 2. The first-order valence-electron chi connectivity index (χ1n) is 10.1. The zero-order chi connectivity index (χ0) is 22.3. The topological polar surface area (TPSA) is 88.0 Å². The Morgan fingerprint density at radius 3 is 1.94 bits per heavy atom. The molecule has 0 bridgehead atoms. The Hall–Kier alpha value is -3.35. The van der Waals surface area contributed by atoms with Crippen molar-refractivity contribution in [2.45, 2.75) is 25.7 Å². The molecule has 3 aromatic rings. The molecule has 0 unspecified atom stereocenters. The summed E-state index contributed by atoms with van der Waals surface area (Å²) in [6.07, 6.45) is -1.31. The van der Waals surface area contributed by atoms with Crippen LogP contribution in [0.5, 0.6) is 11.5 Å². The van der Waals surface area contributed by atoms with Crippen LogP contribution in [-0.4, -0.2) is 41.5 Å². The summed E-state index contributed by atoms with van der Waals surface area (Å²) in [6, 6.07) is 28.5. The predicted octanol–water partition coefficient (Wildman–Crippen LogP) is 3.75. The molecule has 0 aliphatic carbocycles. The van der Waals surface area contributed by atoms with Gasteiger partial charge in [0.15, 0.2) is 6.10 Å². The molecule has 0 fully saturated rings. The average molecular weight is 424 g/mol. The lowest BCUT2D eigenvalue weighted by Gasteiger charge is -2.13. The number of carboxylic acid groups (broad SMARTS) is 1. The second kappa shape index (κ2) is 13.8. The second-order valence-electron chi connectivity index (χ2n) is 6.81. The van der Waals surface area contributed by atoms with E-state index in [1.165, 1.54) is 12.5 Å². The summed E-state index contributed by atoms with van der Waals surface area (Å²) >= 11 is 0. The van der Waals surface area contributed by atoms with Crippen LogP contribution in [0.1, 0.15) is 12.5 Å². The van der Waals surface area contributed by atoms with E-state index < -0.39 is 18.2 Å². The summed E-state index contributed by atoms with van der Waals surface area (Å²) in [7, 11) is 0. The SMILES string of the molecule is C[C@H](Oc1ccccc1)C(=O)O.O[C@@H](CNCc1ccccc1)COc1ccccc1. The molecule has 0 spiro atoms. The number of aliphatic hydroxyl groups is 1. The molecule has 164 valence electrons. The Morgan fingerprint density at radius 1 is 0.871 bits per heavy atom. The molecule has 0 amide bonds. The summed E-state index contributed by atoms with van der Waals surface area (Å²) < 4.78 is 10.6. The highest BCUT2D eigenvalue weighted by atomic mass is 16.5. The molecular formula is C25H29NO5. The van der Waals surface area contributed by atoms with Gasteiger partial charge in [-0.15, -0.1) is 0 Å². The van der Waals surface area contributed by atoms with Crippen molar-refractivity contribution in [2.75, 3.05) is 13.2 Å². The summed E-state index contributed by atoms with van der Waals surface area (Å²) in [5.41, 5.74) is 1.21. The highest BCUT2D eigenvalue weighted by Crippen LogP contribution is 2.10. The van der Waals surface area contributed by atoms with E-state index in [9.17, 15) is 9.90 Å². The number of benzene rings is 3. The molecule has 6 heteroatoms. The first-order chi connectivity index (χ1) is 15.0. The number of carboxylic acids is 1. The number of nitrogens with one attached hydrogen (secondary N) is 1. The van der Waals surface area contributed by atoms with Gasteiger partial charge in [-0.3, -0.25) is 0 Å². The van der Waals surface area contributed by atoms with Crippen molar-refractivity contribution in [1.82, 2.24) is 5.32 Å². The van der Waals surface area contributed by atoms with Gasteiger partial charge in [0.2, 0.25) is 0 Å². The van der Waals surface area contributed by atoms with Crippen molar-refractivity contribution >= 4 is 5.97 Å². The number of aliphatic hydroxyl groups excluding tert-OH is 1. The van der Waals surface area contributed by atoms with E-state index in [0.29, 0.717) is 18.9 Å². The Labute approximate surface area is 183 Å². The van der Waals surface area contributed by atoms with Gasteiger partial charge in [0.25, 0.3) is 0 Å². The zero-order valence-electron chi connectivity index (χ0n) is 17.6. The Kier molecular flexibility index (Phi) is 10.6. The van der Waals surface area contributed by atoms with Gasteiger partial charge >= 0.3 is 5.97 Å². The average Bonchev–Trinajstić information content (AvgIpc) is 2.80. The van der Waals surface area contributed by atoms with Crippen molar-refractivity contribution in [1.29, 1.82) is 0 Å². The predicted molar refractivity (Wildman–Crippen MR) is 120 cm³/mol. The minimum Gasteiger partial charge on any atom is -0.491 e. The van der Waals surface area contributed by atoms with Crippen LogP contribution in [0.2, 0.25) is 0 Å². The largest absolute Gasteiger partial charge is 0.491 e. The third-order valence-corrected chi connectivity index (χ3v) is 4.14. The van der Waals surface area contributed by atoms with Crippen LogP contribution < -0.4 is 14.8 Å². The van der Waals surface area contributed by atoms with Crippen molar-refractivity contribution in [2.24, 2.45) is 0 Å². The molecule has 0 aliphatic heterocycles. The molecule has 3 aromatic carbocycles. The molecule has 0 heterocycles. The van der Waals surface area contributed by atoms with Gasteiger partial charge < -0.3 is 25.0 Å². The van der Waals surface area contributed by atoms with Gasteiger partial charge in [0, 0.05) is 13.1 Å². The van der Waals surface area contributed by atoms with Crippen LogP contribution in [0.15, 0.2) is 91.0 Å². The number of rotatable bonds is 10. The molecular weight excluding hydrogens is 394 g/mol. The van der Waals surface area contributed by atoms with E-state index in [0.717, 1.165) is 12.3 Å². The van der Waals surface area contributed by atoms with Crippen LogP contribution in [0, 0.1) is 0 Å². The minimum atomic E-state index is -0.959. The van der Waals surface area contributed by atoms with Gasteiger partial charge in [-0.05, 0) is 36.8 Å². The molecule has 0 saturated carbocycles. The second-order valence-corrected chi connectivity index (χ2v) is 6.81. The molecule has 2 atom stereocenters. The van der Waals surface area contributed by atoms with E-state index in [4.69, 9.17) is 14.6 Å². The highest BCUT2D eigenvalue weighted by Gasteiger charge is 2.11. The van der Waals surface area contributed by atoms with E-state index >= 15 is 0 Å². The quantitative estimate of drug-likeness (QED) is 0.460. The van der Waals surface area contributed by atoms with E-state index in [1.54, 1.807) is 24.3 Å². The van der Waals surface area contributed by atoms with Crippen molar-refractivity contribution in [3.8, 4) is 11.5 Å². The Bertz CT molecular complexity index is 859. The molecule has 31 heavy (non-hydrogen) atoms. The van der Waals surface area contributed by atoms with Crippen LogP contribution in [-0.2, 0) is 11.3 Å². The van der Waals surface area contributed by atoms with Crippen LogP contribution >= 0.6 is 0 Å². The van der Waals surface area contributed by atoms with Crippen molar-refractivity contribution < 1.29 is 24.5 Å². The fourth-order valence-corrected chi connectivity index (χ4v) is 2.50. The summed E-state index contributed by atoms with van der Waals surface area (Å²) in [5, 5.41) is 21.5. The maximum atomic E-state index is 10.4. The molecule has 6 nitrogen and oxygen atoms in total. The lowest BCUT2D eigenvalue weighted by molar-refractivity contribution is -0.144. The molecule has 0 aromatic heterocycles. The van der Waals surface area contributed by atoms with Crippen molar-refractivity contribution in [3.63, 3.8) is 0 Å². The standard InChI is InChI=1S/C16H19NO2.C9H10O3/c18-15(13-19-16-9-5-2-6-10-16)12-17-11-14-7-3-1-4-8-14;1-7(9(10)11)12-8-5-3-2-4-6-8/h1-10,15,17-18H,11-13H2;2-7H,1H3,(H,10,11)/t15-;7-/m00/s1. The molecule has 0 radical (unpaired) electrons. The number of hydrogen-bond acceptors (Lipinski definition) is 5. The van der Waals surface area contributed by atoms with E-state index in [-0.39, 0.29) is 0 Å². The van der Waals surface area contributed by atoms with Crippen LogP contribution in [0.3, 0.4) is 0 Å². The number of carbonyl (C=O) groups is 1. The van der Waals surface area contributed by atoms with E-state index in [1.807, 2.05) is 54.6 Å². The summed E-state index contributed by atoms with van der Waals surface area (Å²) in [6.45, 7) is 3.06. The van der Waals surface area contributed by atoms with Crippen LogP contribution in [0.4, 0.5) is 0 Å². The monoisotopic (exact) mass is 423 g/mol. The van der Waals surface area contributed by atoms with Crippen molar-refractivity contribution in [3.05, 3.63) is 96.6 Å². The van der Waals surface area contributed by atoms with Gasteiger partial charge in [0.05, 0.1) is 0 Å². The van der Waals surface area contributed by atoms with Crippen LogP contribution in [0.25, 0.3) is 0 Å². The molecule has 0 aliphatic rings. The lowest BCUT2D eigenvalue weighted by atomic mass is 10.2. The minimum absolute atomic E-state index is 0.297. The zero-order valence-corrected chi connectivity index (χ0v) is 17.6. The number of hydrogen-bond donors (Lipinski definition) is 3. The van der Waals surface area contributed by atoms with Gasteiger partial charge in [-0.1, -0.05) is 66.7 Å². The fraction of sp³-hybridized carbons (Fsp3) is 0.240. The molecule has 3 N–H and O–H groups in total.